The highest BCUT2D eigenvalue weighted by molar-refractivity contribution is 5.31. The molecule has 0 amide bonds. The molecule has 0 fully saturated rings. The van der Waals surface area contributed by atoms with Gasteiger partial charge in [-0.1, -0.05) is 30.3 Å². The van der Waals surface area contributed by atoms with Gasteiger partial charge in [-0.25, -0.2) is 0 Å². The van der Waals surface area contributed by atoms with Crippen LogP contribution < -0.4 is 10.1 Å². The normalized spacial score (nSPS) is 10.4. The van der Waals surface area contributed by atoms with Crippen LogP contribution in [0.25, 0.3) is 0 Å². The summed E-state index contributed by atoms with van der Waals surface area (Å²) in [6.45, 7) is 4.24. The Kier molecular flexibility index (Phi) is 4.81. The first-order valence-electron chi connectivity index (χ1n) is 6.43. The lowest BCUT2D eigenvalue weighted by Crippen LogP contribution is -2.20. The standard InChI is InChI=1S/C16H19NO2/c1-13-4-2-3-5-16(13)19-11-10-17-12-14-6-8-15(18)9-7-14/h2-9,17-18H,10-12H2,1H3. The Balaban J connectivity index is 1.67. The van der Waals surface area contributed by atoms with Gasteiger partial charge in [0.1, 0.15) is 18.1 Å². The number of hydrogen-bond donors (Lipinski definition) is 2. The molecule has 0 spiro atoms. The maximum Gasteiger partial charge on any atom is 0.122 e. The second-order valence-corrected chi connectivity index (χ2v) is 4.46. The largest absolute Gasteiger partial charge is 0.508 e. The molecule has 2 aromatic carbocycles. The zero-order valence-corrected chi connectivity index (χ0v) is 11.1. The van der Waals surface area contributed by atoms with E-state index in [1.165, 1.54) is 0 Å². The molecule has 0 aliphatic carbocycles. The number of phenols is 1. The SMILES string of the molecule is Cc1ccccc1OCCNCc1ccc(O)cc1. The zero-order chi connectivity index (χ0) is 13.5. The summed E-state index contributed by atoms with van der Waals surface area (Å²) >= 11 is 0. The van der Waals surface area contributed by atoms with Gasteiger partial charge >= 0.3 is 0 Å². The van der Waals surface area contributed by atoms with E-state index in [9.17, 15) is 5.11 Å². The topological polar surface area (TPSA) is 41.5 Å². The minimum atomic E-state index is 0.298. The number of aryl methyl sites for hydroxylation is 1. The molecule has 0 unspecified atom stereocenters. The van der Waals surface area contributed by atoms with Crippen LogP contribution in [0.1, 0.15) is 11.1 Å². The van der Waals surface area contributed by atoms with E-state index in [0.29, 0.717) is 12.4 Å². The van der Waals surface area contributed by atoms with Crippen molar-refractivity contribution in [3.05, 3.63) is 59.7 Å². The van der Waals surface area contributed by atoms with Crippen LogP contribution in [-0.2, 0) is 6.54 Å². The molecular weight excluding hydrogens is 238 g/mol. The molecule has 2 N–H and O–H groups in total. The number of hydrogen-bond acceptors (Lipinski definition) is 3. The monoisotopic (exact) mass is 257 g/mol. The van der Waals surface area contributed by atoms with Crippen LogP contribution in [0.5, 0.6) is 11.5 Å². The summed E-state index contributed by atoms with van der Waals surface area (Å²) in [6, 6.07) is 15.2. The van der Waals surface area contributed by atoms with Gasteiger partial charge < -0.3 is 15.2 Å². The fourth-order valence-corrected chi connectivity index (χ4v) is 1.80. The van der Waals surface area contributed by atoms with Crippen LogP contribution in [0.2, 0.25) is 0 Å². The second-order valence-electron chi connectivity index (χ2n) is 4.46. The van der Waals surface area contributed by atoms with Crippen LogP contribution in [0.3, 0.4) is 0 Å². The highest BCUT2D eigenvalue weighted by atomic mass is 16.5. The van der Waals surface area contributed by atoms with Gasteiger partial charge in [-0.3, -0.25) is 0 Å². The van der Waals surface area contributed by atoms with Crippen molar-refractivity contribution in [1.82, 2.24) is 5.32 Å². The summed E-state index contributed by atoms with van der Waals surface area (Å²) in [5.41, 5.74) is 2.30. The third kappa shape index (κ3) is 4.30. The van der Waals surface area contributed by atoms with E-state index < -0.39 is 0 Å². The molecule has 0 bridgehead atoms. The number of benzene rings is 2. The predicted molar refractivity (Wildman–Crippen MR) is 76.5 cm³/mol. The maximum absolute atomic E-state index is 9.18. The van der Waals surface area contributed by atoms with Crippen LogP contribution in [-0.4, -0.2) is 18.3 Å². The maximum atomic E-state index is 9.18. The molecule has 0 saturated carbocycles. The average Bonchev–Trinajstić information content (AvgIpc) is 2.42. The third-order valence-corrected chi connectivity index (χ3v) is 2.90. The summed E-state index contributed by atoms with van der Waals surface area (Å²) < 4.78 is 5.69. The van der Waals surface area contributed by atoms with Gasteiger partial charge in [-0.15, -0.1) is 0 Å². The van der Waals surface area contributed by atoms with Gasteiger partial charge in [-0.05, 0) is 36.2 Å². The van der Waals surface area contributed by atoms with Gasteiger partial charge in [0.25, 0.3) is 0 Å². The quantitative estimate of drug-likeness (QED) is 0.782. The minimum absolute atomic E-state index is 0.298. The first kappa shape index (κ1) is 13.4. The molecule has 0 aliphatic rings. The van der Waals surface area contributed by atoms with Crippen LogP contribution in [0, 0.1) is 6.92 Å². The van der Waals surface area contributed by atoms with E-state index in [1.54, 1.807) is 12.1 Å². The van der Waals surface area contributed by atoms with Gasteiger partial charge in [-0.2, -0.15) is 0 Å². The van der Waals surface area contributed by atoms with Crippen LogP contribution >= 0.6 is 0 Å². The molecule has 3 nitrogen and oxygen atoms in total. The molecule has 19 heavy (non-hydrogen) atoms. The first-order chi connectivity index (χ1) is 9.25. The van der Waals surface area contributed by atoms with Crippen molar-refractivity contribution < 1.29 is 9.84 Å². The molecule has 0 radical (unpaired) electrons. The van der Waals surface area contributed by atoms with Crippen molar-refractivity contribution in [2.24, 2.45) is 0 Å². The molecule has 3 heteroatoms. The Hall–Kier alpha value is -2.00. The van der Waals surface area contributed by atoms with Crippen LogP contribution in [0.15, 0.2) is 48.5 Å². The number of ether oxygens (including phenoxy) is 1. The molecule has 0 aliphatic heterocycles. The highest BCUT2D eigenvalue weighted by Gasteiger charge is 1.97. The number of aromatic hydroxyl groups is 1. The molecule has 2 aromatic rings. The number of para-hydroxylation sites is 1. The molecule has 2 rings (SSSR count). The van der Waals surface area contributed by atoms with E-state index in [2.05, 4.69) is 5.32 Å². The van der Waals surface area contributed by atoms with Crippen molar-refractivity contribution in [2.75, 3.05) is 13.2 Å². The summed E-state index contributed by atoms with van der Waals surface area (Å²) in [5, 5.41) is 12.5. The Morgan fingerprint density at radius 2 is 1.79 bits per heavy atom. The molecule has 0 heterocycles. The Morgan fingerprint density at radius 1 is 1.05 bits per heavy atom. The summed E-state index contributed by atoms with van der Waals surface area (Å²) in [6.07, 6.45) is 0. The van der Waals surface area contributed by atoms with Crippen molar-refractivity contribution in [3.63, 3.8) is 0 Å². The lowest BCUT2D eigenvalue weighted by atomic mass is 10.2. The van der Waals surface area contributed by atoms with Crippen molar-refractivity contribution in [2.45, 2.75) is 13.5 Å². The molecule has 100 valence electrons. The van der Waals surface area contributed by atoms with E-state index in [0.717, 1.165) is 30.0 Å². The Morgan fingerprint density at radius 3 is 2.53 bits per heavy atom. The minimum Gasteiger partial charge on any atom is -0.508 e. The lowest BCUT2D eigenvalue weighted by Gasteiger charge is -2.09. The fourth-order valence-electron chi connectivity index (χ4n) is 1.80. The molecule has 0 saturated heterocycles. The number of nitrogens with one attached hydrogen (secondary N) is 1. The summed E-state index contributed by atoms with van der Waals surface area (Å²) in [7, 11) is 0. The highest BCUT2D eigenvalue weighted by Crippen LogP contribution is 2.15. The average molecular weight is 257 g/mol. The second kappa shape index (κ2) is 6.81. The van der Waals surface area contributed by atoms with Crippen LogP contribution in [0.4, 0.5) is 0 Å². The van der Waals surface area contributed by atoms with E-state index in [-0.39, 0.29) is 0 Å². The van der Waals surface area contributed by atoms with Crippen molar-refractivity contribution >= 4 is 0 Å². The number of phenolic OH excluding ortho intramolecular Hbond substituents is 1. The lowest BCUT2D eigenvalue weighted by molar-refractivity contribution is 0.311. The Labute approximate surface area is 113 Å². The van der Waals surface area contributed by atoms with E-state index in [4.69, 9.17) is 4.74 Å². The Bertz CT molecular complexity index is 508. The third-order valence-electron chi connectivity index (χ3n) is 2.90. The van der Waals surface area contributed by atoms with Gasteiger partial charge in [0.15, 0.2) is 0 Å². The predicted octanol–water partition coefficient (Wildman–Crippen LogP) is 2.87. The zero-order valence-electron chi connectivity index (χ0n) is 11.1. The molecular formula is C16H19NO2. The molecule has 0 atom stereocenters. The van der Waals surface area contributed by atoms with E-state index in [1.807, 2.05) is 43.3 Å². The number of rotatable bonds is 6. The van der Waals surface area contributed by atoms with Crippen molar-refractivity contribution in [3.8, 4) is 11.5 Å². The summed E-state index contributed by atoms with van der Waals surface area (Å²) in [5.74, 6) is 1.24. The van der Waals surface area contributed by atoms with E-state index >= 15 is 0 Å². The van der Waals surface area contributed by atoms with Gasteiger partial charge in [0.2, 0.25) is 0 Å². The van der Waals surface area contributed by atoms with Gasteiger partial charge in [0, 0.05) is 13.1 Å². The van der Waals surface area contributed by atoms with Gasteiger partial charge in [0.05, 0.1) is 0 Å². The smallest absolute Gasteiger partial charge is 0.122 e. The fraction of sp³-hybridized carbons (Fsp3) is 0.250. The van der Waals surface area contributed by atoms with Crippen molar-refractivity contribution in [1.29, 1.82) is 0 Å². The summed E-state index contributed by atoms with van der Waals surface area (Å²) in [4.78, 5) is 0. The first-order valence-corrected chi connectivity index (χ1v) is 6.43. The molecule has 0 aromatic heterocycles.